The standard InChI is InChI=1S/C15H20N2S/c1-16-15(12-4-5-12)13-6-8-17(11-13)9-7-14-3-2-10-18-14/h2-3,6,8,10-12,15-16H,4-5,7,9H2,1H3. The van der Waals surface area contributed by atoms with Crippen LogP contribution in [0.25, 0.3) is 0 Å². The molecule has 2 aromatic rings. The third-order valence-electron chi connectivity index (χ3n) is 3.73. The maximum absolute atomic E-state index is 3.45. The van der Waals surface area contributed by atoms with Crippen molar-refractivity contribution in [3.63, 3.8) is 0 Å². The zero-order valence-corrected chi connectivity index (χ0v) is 11.6. The summed E-state index contributed by atoms with van der Waals surface area (Å²) in [7, 11) is 2.08. The summed E-state index contributed by atoms with van der Waals surface area (Å²) in [6.45, 7) is 1.08. The van der Waals surface area contributed by atoms with E-state index in [1.165, 1.54) is 23.3 Å². The van der Waals surface area contributed by atoms with Crippen LogP contribution in [-0.2, 0) is 13.0 Å². The molecule has 1 N–H and O–H groups in total. The predicted octanol–water partition coefficient (Wildman–Crippen LogP) is 3.46. The lowest BCUT2D eigenvalue weighted by molar-refractivity contribution is 0.527. The first-order valence-electron chi connectivity index (χ1n) is 6.72. The van der Waals surface area contributed by atoms with Gasteiger partial charge in [0.05, 0.1) is 0 Å². The highest BCUT2D eigenvalue weighted by atomic mass is 32.1. The van der Waals surface area contributed by atoms with Crippen molar-refractivity contribution in [1.29, 1.82) is 0 Å². The molecule has 2 aromatic heterocycles. The summed E-state index contributed by atoms with van der Waals surface area (Å²) in [6.07, 6.45) is 8.43. The Hall–Kier alpha value is -1.06. The Morgan fingerprint density at radius 3 is 3.00 bits per heavy atom. The molecule has 1 unspecified atom stereocenters. The quantitative estimate of drug-likeness (QED) is 0.841. The van der Waals surface area contributed by atoms with Crippen LogP contribution in [0.1, 0.15) is 29.3 Å². The summed E-state index contributed by atoms with van der Waals surface area (Å²) in [6, 6.07) is 7.18. The second kappa shape index (κ2) is 5.29. The Balaban J connectivity index is 1.62. The molecule has 0 saturated heterocycles. The van der Waals surface area contributed by atoms with Gasteiger partial charge in [0.25, 0.3) is 0 Å². The first kappa shape index (κ1) is 12.0. The number of nitrogens with one attached hydrogen (secondary N) is 1. The van der Waals surface area contributed by atoms with E-state index in [0.29, 0.717) is 6.04 Å². The SMILES string of the molecule is CNC(c1ccn(CCc2cccs2)c1)C1CC1. The van der Waals surface area contributed by atoms with Gasteiger partial charge in [0.15, 0.2) is 0 Å². The Kier molecular flexibility index (Phi) is 3.52. The molecular formula is C15H20N2S. The lowest BCUT2D eigenvalue weighted by Crippen LogP contribution is -2.17. The van der Waals surface area contributed by atoms with E-state index in [-0.39, 0.29) is 0 Å². The van der Waals surface area contributed by atoms with Crippen molar-refractivity contribution < 1.29 is 0 Å². The van der Waals surface area contributed by atoms with Crippen molar-refractivity contribution in [3.8, 4) is 0 Å². The molecule has 0 aromatic carbocycles. The summed E-state index contributed by atoms with van der Waals surface area (Å²) in [5, 5.41) is 5.61. The molecule has 0 radical (unpaired) electrons. The van der Waals surface area contributed by atoms with Crippen molar-refractivity contribution in [2.24, 2.45) is 5.92 Å². The molecule has 0 bridgehead atoms. The number of hydrogen-bond acceptors (Lipinski definition) is 2. The first-order valence-corrected chi connectivity index (χ1v) is 7.60. The van der Waals surface area contributed by atoms with Gasteiger partial charge in [0, 0.05) is 29.9 Å². The van der Waals surface area contributed by atoms with Crippen molar-refractivity contribution in [2.45, 2.75) is 31.8 Å². The summed E-state index contributed by atoms with van der Waals surface area (Å²) < 4.78 is 2.32. The molecule has 1 aliphatic rings. The summed E-state index contributed by atoms with van der Waals surface area (Å²) in [4.78, 5) is 1.47. The van der Waals surface area contributed by atoms with Crippen LogP contribution in [0.4, 0.5) is 0 Å². The number of thiophene rings is 1. The molecular weight excluding hydrogens is 240 g/mol. The monoisotopic (exact) mass is 260 g/mol. The molecule has 1 fully saturated rings. The molecule has 1 saturated carbocycles. The van der Waals surface area contributed by atoms with Crippen LogP contribution in [-0.4, -0.2) is 11.6 Å². The van der Waals surface area contributed by atoms with Crippen LogP contribution in [0.15, 0.2) is 36.0 Å². The van der Waals surface area contributed by atoms with Gasteiger partial charge in [-0.2, -0.15) is 0 Å². The fourth-order valence-electron chi connectivity index (χ4n) is 2.58. The molecule has 0 amide bonds. The average molecular weight is 260 g/mol. The van der Waals surface area contributed by atoms with Gasteiger partial charge in [-0.3, -0.25) is 0 Å². The Labute approximate surface area is 113 Å². The van der Waals surface area contributed by atoms with Gasteiger partial charge in [0.2, 0.25) is 0 Å². The maximum atomic E-state index is 3.45. The molecule has 1 atom stereocenters. The van der Waals surface area contributed by atoms with E-state index >= 15 is 0 Å². The number of aryl methyl sites for hydroxylation is 2. The molecule has 3 heteroatoms. The van der Waals surface area contributed by atoms with E-state index in [0.717, 1.165) is 18.9 Å². The van der Waals surface area contributed by atoms with Gasteiger partial charge >= 0.3 is 0 Å². The van der Waals surface area contributed by atoms with Crippen molar-refractivity contribution in [3.05, 3.63) is 46.4 Å². The Morgan fingerprint density at radius 1 is 1.44 bits per heavy atom. The van der Waals surface area contributed by atoms with Gasteiger partial charge in [-0.1, -0.05) is 6.07 Å². The third kappa shape index (κ3) is 2.68. The van der Waals surface area contributed by atoms with Crippen LogP contribution in [0.2, 0.25) is 0 Å². The first-order chi connectivity index (χ1) is 8.86. The molecule has 2 nitrogen and oxygen atoms in total. The fraction of sp³-hybridized carbons (Fsp3) is 0.467. The molecule has 2 heterocycles. The smallest absolute Gasteiger partial charge is 0.0361 e. The highest BCUT2D eigenvalue weighted by Gasteiger charge is 2.31. The highest BCUT2D eigenvalue weighted by Crippen LogP contribution is 2.40. The van der Waals surface area contributed by atoms with E-state index < -0.39 is 0 Å². The molecule has 3 rings (SSSR count). The van der Waals surface area contributed by atoms with E-state index in [1.54, 1.807) is 0 Å². The number of nitrogens with zero attached hydrogens (tertiary/aromatic N) is 1. The van der Waals surface area contributed by atoms with Gasteiger partial charge in [0.1, 0.15) is 0 Å². The average Bonchev–Trinajstić information content (AvgIpc) is 2.92. The topological polar surface area (TPSA) is 17.0 Å². The fourth-order valence-corrected chi connectivity index (χ4v) is 3.28. The second-order valence-corrected chi connectivity index (χ2v) is 6.15. The van der Waals surface area contributed by atoms with E-state index in [9.17, 15) is 0 Å². The largest absolute Gasteiger partial charge is 0.354 e. The molecule has 96 valence electrons. The Bertz CT molecular complexity index is 482. The second-order valence-electron chi connectivity index (χ2n) is 5.12. The summed E-state index contributed by atoms with van der Waals surface area (Å²) in [5.74, 6) is 0.864. The van der Waals surface area contributed by atoms with Gasteiger partial charge in [-0.05, 0) is 55.3 Å². The molecule has 0 aliphatic heterocycles. The molecule has 0 spiro atoms. The normalized spacial score (nSPS) is 16.9. The molecule has 18 heavy (non-hydrogen) atoms. The molecule has 1 aliphatic carbocycles. The van der Waals surface area contributed by atoms with E-state index in [2.05, 4.69) is 52.9 Å². The lowest BCUT2D eigenvalue weighted by atomic mass is 10.1. The highest BCUT2D eigenvalue weighted by molar-refractivity contribution is 7.09. The van der Waals surface area contributed by atoms with Crippen LogP contribution in [0.5, 0.6) is 0 Å². The van der Waals surface area contributed by atoms with E-state index in [1.807, 2.05) is 11.3 Å². The van der Waals surface area contributed by atoms with Crippen LogP contribution < -0.4 is 5.32 Å². The number of aromatic nitrogens is 1. The summed E-state index contributed by atoms with van der Waals surface area (Å²) in [5.41, 5.74) is 1.45. The van der Waals surface area contributed by atoms with E-state index in [4.69, 9.17) is 0 Å². The minimum absolute atomic E-state index is 0.563. The van der Waals surface area contributed by atoms with Crippen molar-refractivity contribution in [2.75, 3.05) is 7.05 Å². The van der Waals surface area contributed by atoms with Crippen LogP contribution in [0, 0.1) is 5.92 Å². The maximum Gasteiger partial charge on any atom is 0.0361 e. The van der Waals surface area contributed by atoms with Crippen LogP contribution in [0.3, 0.4) is 0 Å². The zero-order chi connectivity index (χ0) is 12.4. The van der Waals surface area contributed by atoms with Gasteiger partial charge < -0.3 is 9.88 Å². The number of rotatable bonds is 6. The van der Waals surface area contributed by atoms with Crippen molar-refractivity contribution in [1.82, 2.24) is 9.88 Å². The van der Waals surface area contributed by atoms with Gasteiger partial charge in [-0.15, -0.1) is 11.3 Å². The van der Waals surface area contributed by atoms with Gasteiger partial charge in [-0.25, -0.2) is 0 Å². The zero-order valence-electron chi connectivity index (χ0n) is 10.8. The third-order valence-corrected chi connectivity index (χ3v) is 4.67. The summed E-state index contributed by atoms with van der Waals surface area (Å²) >= 11 is 1.85. The van der Waals surface area contributed by atoms with Crippen molar-refractivity contribution >= 4 is 11.3 Å². The predicted molar refractivity (Wildman–Crippen MR) is 77.0 cm³/mol. The number of hydrogen-bond donors (Lipinski definition) is 1. The Morgan fingerprint density at radius 2 is 2.33 bits per heavy atom. The lowest BCUT2D eigenvalue weighted by Gasteiger charge is -2.13. The minimum Gasteiger partial charge on any atom is -0.354 e. The minimum atomic E-state index is 0.563. The van der Waals surface area contributed by atoms with Crippen LogP contribution >= 0.6 is 11.3 Å².